The summed E-state index contributed by atoms with van der Waals surface area (Å²) in [6, 6.07) is 0. The molecule has 12 heteroatoms. The zero-order valence-corrected chi connectivity index (χ0v) is 15.7. The molecule has 0 spiro atoms. The highest BCUT2D eigenvalue weighted by atomic mass is 31.2. The third kappa shape index (κ3) is 9.01. The molecule has 1 aliphatic heterocycles. The number of ether oxygens (including phenoxy) is 1. The van der Waals surface area contributed by atoms with Crippen LogP contribution in [-0.2, 0) is 32.0 Å². The maximum absolute atomic E-state index is 11.7. The molecule has 1 rings (SSSR count). The third-order valence-electron chi connectivity index (χ3n) is 3.37. The molecule has 1 saturated heterocycles. The van der Waals surface area contributed by atoms with Crippen LogP contribution < -0.4 is 10.2 Å². The van der Waals surface area contributed by atoms with E-state index in [1.807, 2.05) is 7.05 Å². The van der Waals surface area contributed by atoms with Gasteiger partial charge in [0, 0.05) is 20.1 Å². The Morgan fingerprint density at radius 3 is 2.71 bits per heavy atom. The summed E-state index contributed by atoms with van der Waals surface area (Å²) in [5.74, 6) is 0. The van der Waals surface area contributed by atoms with Crippen LogP contribution in [-0.4, -0.2) is 57.6 Å². The van der Waals surface area contributed by atoms with E-state index in [4.69, 9.17) is 18.3 Å². The van der Waals surface area contributed by atoms with Crippen molar-refractivity contribution < 1.29 is 41.7 Å². The summed E-state index contributed by atoms with van der Waals surface area (Å²) >= 11 is 0. The Hall–Kier alpha value is 0.140. The Labute approximate surface area is 142 Å². The van der Waals surface area contributed by atoms with E-state index in [0.717, 1.165) is 26.5 Å². The number of unbranched alkanes of at least 4 members (excludes halogenated alkanes) is 2. The van der Waals surface area contributed by atoms with E-state index >= 15 is 0 Å². The van der Waals surface area contributed by atoms with Gasteiger partial charge in [-0.25, -0.2) is 4.57 Å². The van der Waals surface area contributed by atoms with Gasteiger partial charge in [0.1, 0.15) is 12.2 Å². The molecular formula is C12H26NO9P2-. The predicted molar refractivity (Wildman–Crippen MR) is 83.4 cm³/mol. The fraction of sp³-hybridized carbons (Fsp3) is 1.00. The van der Waals surface area contributed by atoms with Crippen LogP contribution in [0.5, 0.6) is 0 Å². The Morgan fingerprint density at radius 1 is 1.29 bits per heavy atom. The molecule has 0 aliphatic carbocycles. The highest BCUT2D eigenvalue weighted by Crippen LogP contribution is 2.46. The van der Waals surface area contributed by atoms with Crippen molar-refractivity contribution in [3.05, 3.63) is 0 Å². The van der Waals surface area contributed by atoms with Crippen LogP contribution in [0.2, 0.25) is 0 Å². The molecule has 0 saturated carbocycles. The summed E-state index contributed by atoms with van der Waals surface area (Å²) in [6.07, 6.45) is 1.12. The van der Waals surface area contributed by atoms with Crippen molar-refractivity contribution in [2.75, 3.05) is 40.5 Å². The largest absolute Gasteiger partial charge is 0.756 e. The molecule has 0 bridgehead atoms. The highest BCUT2D eigenvalue weighted by molar-refractivity contribution is 7.47. The summed E-state index contributed by atoms with van der Waals surface area (Å²) in [4.78, 5) is 21.0. The van der Waals surface area contributed by atoms with Crippen LogP contribution in [0.3, 0.4) is 0 Å². The van der Waals surface area contributed by atoms with Gasteiger partial charge >= 0.3 is 7.82 Å². The van der Waals surface area contributed by atoms with Crippen molar-refractivity contribution >= 4 is 15.6 Å². The molecule has 1 fully saturated rings. The Bertz CT molecular complexity index is 450. The second kappa shape index (κ2) is 11.0. The van der Waals surface area contributed by atoms with Gasteiger partial charge < -0.3 is 28.9 Å². The molecule has 0 radical (unpaired) electrons. The summed E-state index contributed by atoms with van der Waals surface area (Å²) in [7, 11) is -5.74. The molecule has 144 valence electrons. The van der Waals surface area contributed by atoms with E-state index in [2.05, 4.69) is 9.84 Å². The van der Waals surface area contributed by atoms with Crippen molar-refractivity contribution in [2.45, 2.75) is 37.9 Å². The number of hydrogen-bond donors (Lipinski definition) is 2. The first-order valence-corrected chi connectivity index (χ1v) is 10.7. The zero-order chi connectivity index (χ0) is 18.1. The van der Waals surface area contributed by atoms with Crippen LogP contribution in [0.1, 0.15) is 25.7 Å². The summed E-state index contributed by atoms with van der Waals surface area (Å²) in [5, 5.41) is 3.00. The maximum atomic E-state index is 11.7. The van der Waals surface area contributed by atoms with Gasteiger partial charge in [0.05, 0.1) is 13.2 Å². The number of nitrogens with one attached hydrogen (secondary N) is 1. The second-order valence-electron chi connectivity index (χ2n) is 5.23. The van der Waals surface area contributed by atoms with Crippen molar-refractivity contribution in [3.63, 3.8) is 0 Å². The molecule has 2 N–H and O–H groups in total. The van der Waals surface area contributed by atoms with E-state index in [-0.39, 0.29) is 19.8 Å². The van der Waals surface area contributed by atoms with Gasteiger partial charge in [0.25, 0.3) is 7.82 Å². The monoisotopic (exact) mass is 390 g/mol. The number of phosphoric ester groups is 2. The quantitative estimate of drug-likeness (QED) is 0.343. The standard InChI is InChI=1S/C12H27NO9P2/c1-13-7-4-3-5-8-20-24(16,17)21-10-12-11(6-9-19-12)22-23(14,15)18-2/h11-13H,3-10H2,1-2H3,(H,14,15)(H,16,17)/p-1/t11-,12-/m1/s1. The first-order chi connectivity index (χ1) is 11.3. The Morgan fingerprint density at radius 2 is 2.04 bits per heavy atom. The Balaban J connectivity index is 2.29. The van der Waals surface area contributed by atoms with E-state index in [1.54, 1.807) is 0 Å². The molecule has 1 aliphatic rings. The van der Waals surface area contributed by atoms with Crippen LogP contribution in [0.25, 0.3) is 0 Å². The zero-order valence-electron chi connectivity index (χ0n) is 13.9. The van der Waals surface area contributed by atoms with Crippen molar-refractivity contribution in [1.29, 1.82) is 0 Å². The average molecular weight is 390 g/mol. The van der Waals surface area contributed by atoms with Crippen molar-refractivity contribution in [2.24, 2.45) is 0 Å². The fourth-order valence-electron chi connectivity index (χ4n) is 2.08. The summed E-state index contributed by atoms with van der Waals surface area (Å²) in [5.41, 5.74) is 0. The molecule has 10 nitrogen and oxygen atoms in total. The normalized spacial score (nSPS) is 26.2. The van der Waals surface area contributed by atoms with Crippen LogP contribution in [0.4, 0.5) is 0 Å². The molecule has 0 aromatic heterocycles. The molecule has 4 atom stereocenters. The molecule has 2 unspecified atom stereocenters. The summed E-state index contributed by atoms with van der Waals surface area (Å²) < 4.78 is 47.1. The molecule has 1 heterocycles. The lowest BCUT2D eigenvalue weighted by molar-refractivity contribution is -0.227. The lowest BCUT2D eigenvalue weighted by Gasteiger charge is -2.26. The molecular weight excluding hydrogens is 364 g/mol. The van der Waals surface area contributed by atoms with E-state index in [1.165, 1.54) is 0 Å². The van der Waals surface area contributed by atoms with Gasteiger partial charge in [-0.15, -0.1) is 0 Å². The lowest BCUT2D eigenvalue weighted by Crippen LogP contribution is -2.29. The minimum atomic E-state index is -4.45. The van der Waals surface area contributed by atoms with Gasteiger partial charge in [-0.1, -0.05) is 0 Å². The SMILES string of the molecule is CNCCCCCOP(=O)([O-])OC[C@H]1OCC[C@H]1OP(=O)(O)OC. The van der Waals surface area contributed by atoms with Crippen LogP contribution in [0.15, 0.2) is 0 Å². The minimum Gasteiger partial charge on any atom is -0.756 e. The first kappa shape index (κ1) is 22.2. The smallest absolute Gasteiger partial charge is 0.472 e. The van der Waals surface area contributed by atoms with Crippen molar-refractivity contribution in [1.82, 2.24) is 5.32 Å². The fourth-order valence-corrected chi connectivity index (χ4v) is 3.50. The minimum absolute atomic E-state index is 0.0471. The summed E-state index contributed by atoms with van der Waals surface area (Å²) in [6.45, 7) is 0.820. The van der Waals surface area contributed by atoms with Gasteiger partial charge in [-0.05, 0) is 32.9 Å². The van der Waals surface area contributed by atoms with Crippen LogP contribution in [0, 0.1) is 0 Å². The van der Waals surface area contributed by atoms with E-state index in [0.29, 0.717) is 12.8 Å². The highest BCUT2D eigenvalue weighted by Gasteiger charge is 2.36. The molecule has 24 heavy (non-hydrogen) atoms. The van der Waals surface area contributed by atoms with Gasteiger partial charge in [-0.3, -0.25) is 13.6 Å². The Kier molecular flexibility index (Phi) is 10.1. The topological polar surface area (TPSA) is 136 Å². The number of rotatable bonds is 13. The lowest BCUT2D eigenvalue weighted by atomic mass is 10.2. The van der Waals surface area contributed by atoms with Gasteiger partial charge in [-0.2, -0.15) is 0 Å². The van der Waals surface area contributed by atoms with Crippen molar-refractivity contribution in [3.8, 4) is 0 Å². The first-order valence-electron chi connectivity index (χ1n) is 7.73. The van der Waals surface area contributed by atoms with E-state index in [9.17, 15) is 18.9 Å². The number of hydrogen-bond acceptors (Lipinski definition) is 9. The maximum Gasteiger partial charge on any atom is 0.472 e. The molecule has 0 amide bonds. The second-order valence-corrected chi connectivity index (χ2v) is 8.16. The van der Waals surface area contributed by atoms with Gasteiger partial charge in [0.15, 0.2) is 0 Å². The molecule has 0 aromatic carbocycles. The predicted octanol–water partition coefficient (Wildman–Crippen LogP) is 0.799. The molecule has 0 aromatic rings. The number of phosphoric acid groups is 2. The van der Waals surface area contributed by atoms with Gasteiger partial charge in [0.2, 0.25) is 0 Å². The third-order valence-corrected chi connectivity index (χ3v) is 5.33. The van der Waals surface area contributed by atoms with E-state index < -0.39 is 27.9 Å². The van der Waals surface area contributed by atoms with Crippen LogP contribution >= 0.6 is 15.6 Å². The average Bonchev–Trinajstić information content (AvgIpc) is 2.95.